The lowest BCUT2D eigenvalue weighted by molar-refractivity contribution is -0.311. The van der Waals surface area contributed by atoms with Gasteiger partial charge in [0.2, 0.25) is 5.88 Å². The number of benzene rings is 1. The van der Waals surface area contributed by atoms with E-state index in [1.165, 1.54) is 14.2 Å². The number of alkyl halides is 3. The minimum absolute atomic E-state index is 0.00732. The summed E-state index contributed by atoms with van der Waals surface area (Å²) in [5, 5.41) is 15.4. The lowest BCUT2D eigenvalue weighted by Gasteiger charge is -2.38. The molecule has 0 amide bonds. The van der Waals surface area contributed by atoms with Crippen molar-refractivity contribution < 1.29 is 37.3 Å². The molecule has 1 aliphatic rings. The number of ether oxygens (including phenoxy) is 3. The number of aliphatic carboxylic acids is 1. The zero-order valence-corrected chi connectivity index (χ0v) is 21.2. The van der Waals surface area contributed by atoms with Crippen LogP contribution in [0.15, 0.2) is 36.5 Å². The van der Waals surface area contributed by atoms with Crippen molar-refractivity contribution in [3.63, 3.8) is 0 Å². The molecule has 0 spiro atoms. The van der Waals surface area contributed by atoms with Crippen LogP contribution in [0, 0.1) is 5.92 Å². The summed E-state index contributed by atoms with van der Waals surface area (Å²) in [6.07, 6.45) is -4.69. The predicted molar refractivity (Wildman–Crippen MR) is 124 cm³/mol. The highest BCUT2D eigenvalue weighted by Crippen LogP contribution is 2.43. The largest absolute Gasteiger partial charge is 0.548 e. The van der Waals surface area contributed by atoms with Crippen LogP contribution in [0.3, 0.4) is 0 Å². The van der Waals surface area contributed by atoms with E-state index in [1.807, 2.05) is 38.1 Å². The fraction of sp³-hybridized carbons (Fsp3) is 0.538. The molecular weight excluding hydrogens is 477 g/mol. The second kappa shape index (κ2) is 10.7. The number of hydrogen-bond donors (Lipinski definition) is 1. The maximum absolute atomic E-state index is 13.3. The molecule has 1 aromatic carbocycles. The monoisotopic (exact) mass is 509 g/mol. The SMILES string of the molecule is COc1ncc(C(F)(F)F)cc1COC1C(c2ccccc2C(C)C)NC(C(=O)[O-])C1C(C)(C)OC. The summed E-state index contributed by atoms with van der Waals surface area (Å²) in [4.78, 5) is 16.0. The second-order valence-corrected chi connectivity index (χ2v) is 9.72. The van der Waals surface area contributed by atoms with Gasteiger partial charge in [-0.2, -0.15) is 13.2 Å². The molecule has 4 atom stereocenters. The van der Waals surface area contributed by atoms with Gasteiger partial charge in [-0.3, -0.25) is 5.32 Å². The molecule has 1 saturated heterocycles. The number of nitrogens with one attached hydrogen (secondary N) is 1. The molecule has 3 rings (SSSR count). The van der Waals surface area contributed by atoms with Gasteiger partial charge >= 0.3 is 6.18 Å². The molecule has 2 aromatic rings. The van der Waals surface area contributed by atoms with Crippen LogP contribution in [0.1, 0.15) is 61.9 Å². The van der Waals surface area contributed by atoms with Crippen LogP contribution in [-0.4, -0.2) is 42.9 Å². The van der Waals surface area contributed by atoms with E-state index in [0.29, 0.717) is 6.20 Å². The third-order valence-electron chi connectivity index (χ3n) is 6.81. The summed E-state index contributed by atoms with van der Waals surface area (Å²) >= 11 is 0. The van der Waals surface area contributed by atoms with Crippen LogP contribution >= 0.6 is 0 Å². The van der Waals surface area contributed by atoms with E-state index in [2.05, 4.69) is 10.3 Å². The first kappa shape index (κ1) is 27.9. The Hall–Kier alpha value is -2.69. The molecule has 198 valence electrons. The highest BCUT2D eigenvalue weighted by Gasteiger charge is 2.52. The molecule has 10 heteroatoms. The van der Waals surface area contributed by atoms with Crippen LogP contribution < -0.4 is 15.2 Å². The molecule has 7 nitrogen and oxygen atoms in total. The minimum Gasteiger partial charge on any atom is -0.548 e. The van der Waals surface area contributed by atoms with Crippen molar-refractivity contribution in [1.82, 2.24) is 10.3 Å². The normalized spacial score (nSPS) is 22.7. The van der Waals surface area contributed by atoms with E-state index in [9.17, 15) is 23.1 Å². The highest BCUT2D eigenvalue weighted by molar-refractivity contribution is 5.73. The minimum atomic E-state index is -4.59. The molecule has 0 saturated carbocycles. The number of aromatic nitrogens is 1. The number of pyridine rings is 1. The number of rotatable bonds is 9. The second-order valence-electron chi connectivity index (χ2n) is 9.72. The van der Waals surface area contributed by atoms with E-state index in [-0.39, 0.29) is 24.0 Å². The smallest absolute Gasteiger partial charge is 0.417 e. The van der Waals surface area contributed by atoms with Crippen LogP contribution in [0.5, 0.6) is 5.88 Å². The Balaban J connectivity index is 2.08. The Bertz CT molecular complexity index is 1070. The summed E-state index contributed by atoms with van der Waals surface area (Å²) in [7, 11) is 2.78. The Morgan fingerprint density at radius 3 is 2.42 bits per heavy atom. The van der Waals surface area contributed by atoms with Gasteiger partial charge in [-0.05, 0) is 37.0 Å². The fourth-order valence-electron chi connectivity index (χ4n) is 4.85. The zero-order chi connectivity index (χ0) is 26.8. The summed E-state index contributed by atoms with van der Waals surface area (Å²) in [5.74, 6) is -1.93. The van der Waals surface area contributed by atoms with Crippen molar-refractivity contribution in [2.24, 2.45) is 5.92 Å². The van der Waals surface area contributed by atoms with Crippen molar-refractivity contribution >= 4 is 5.97 Å². The molecule has 1 fully saturated rings. The fourth-order valence-corrected chi connectivity index (χ4v) is 4.85. The van der Waals surface area contributed by atoms with E-state index in [0.717, 1.165) is 17.2 Å². The number of hydrogen-bond acceptors (Lipinski definition) is 7. The first-order valence-corrected chi connectivity index (χ1v) is 11.6. The van der Waals surface area contributed by atoms with Crippen molar-refractivity contribution in [2.75, 3.05) is 14.2 Å². The maximum atomic E-state index is 13.3. The Morgan fingerprint density at radius 2 is 1.86 bits per heavy atom. The third kappa shape index (κ3) is 5.66. The molecule has 0 radical (unpaired) electrons. The first-order chi connectivity index (χ1) is 16.8. The lowest BCUT2D eigenvalue weighted by atomic mass is 9.79. The summed E-state index contributed by atoms with van der Waals surface area (Å²) in [6.45, 7) is 7.25. The summed E-state index contributed by atoms with van der Waals surface area (Å²) in [5.41, 5.74) is 0.0193. The van der Waals surface area contributed by atoms with Gasteiger partial charge in [-0.1, -0.05) is 38.1 Å². The summed E-state index contributed by atoms with van der Waals surface area (Å²) in [6, 6.07) is 6.81. The molecule has 36 heavy (non-hydrogen) atoms. The van der Waals surface area contributed by atoms with Crippen molar-refractivity contribution in [1.29, 1.82) is 0 Å². The number of carbonyl (C=O) groups is 1. The molecule has 0 bridgehead atoms. The lowest BCUT2D eigenvalue weighted by Crippen LogP contribution is -2.53. The predicted octanol–water partition coefficient (Wildman–Crippen LogP) is 3.62. The number of carboxylic acids is 1. The van der Waals surface area contributed by atoms with Gasteiger partial charge in [0, 0.05) is 24.8 Å². The molecule has 1 aliphatic heterocycles. The molecule has 2 heterocycles. The van der Waals surface area contributed by atoms with Gasteiger partial charge in [0.1, 0.15) is 0 Å². The Kier molecular flexibility index (Phi) is 8.32. The Morgan fingerprint density at radius 1 is 1.19 bits per heavy atom. The number of methoxy groups -OCH3 is 2. The molecule has 4 unspecified atom stereocenters. The average molecular weight is 510 g/mol. The Labute approximate surface area is 209 Å². The van der Waals surface area contributed by atoms with E-state index in [4.69, 9.17) is 14.2 Å². The maximum Gasteiger partial charge on any atom is 0.417 e. The number of carboxylic acid groups (broad SMARTS) is 1. The molecular formula is C26H32F3N2O5-. The van der Waals surface area contributed by atoms with Gasteiger partial charge < -0.3 is 24.1 Å². The van der Waals surface area contributed by atoms with E-state index >= 15 is 0 Å². The van der Waals surface area contributed by atoms with Crippen LogP contribution in [-0.2, 0) is 27.1 Å². The number of nitrogens with zero attached hydrogens (tertiary/aromatic N) is 1. The molecule has 1 aromatic heterocycles. The zero-order valence-electron chi connectivity index (χ0n) is 21.2. The van der Waals surface area contributed by atoms with E-state index in [1.54, 1.807) is 13.8 Å². The van der Waals surface area contributed by atoms with Crippen LogP contribution in [0.2, 0.25) is 0 Å². The standard InChI is InChI=1S/C26H33F3N2O5/c1-14(2)17-9-7-8-10-18(17)20-22(19(25(3,4)35-6)21(31-20)24(32)33)36-13-15-11-16(26(27,28)29)12-30-23(15)34-5/h7-12,14,19-22,31H,13H2,1-6H3,(H,32,33)/p-1. The average Bonchev–Trinajstić information content (AvgIpc) is 3.22. The first-order valence-electron chi connectivity index (χ1n) is 11.6. The third-order valence-corrected chi connectivity index (χ3v) is 6.81. The van der Waals surface area contributed by atoms with Crippen LogP contribution in [0.4, 0.5) is 13.2 Å². The van der Waals surface area contributed by atoms with Gasteiger partial charge in [0.15, 0.2) is 0 Å². The summed E-state index contributed by atoms with van der Waals surface area (Å²) < 4.78 is 57.1. The van der Waals surface area contributed by atoms with Crippen molar-refractivity contribution in [3.8, 4) is 5.88 Å². The van der Waals surface area contributed by atoms with Crippen LogP contribution in [0.25, 0.3) is 0 Å². The van der Waals surface area contributed by atoms with Gasteiger partial charge in [-0.25, -0.2) is 4.98 Å². The topological polar surface area (TPSA) is 92.7 Å². The quantitative estimate of drug-likeness (QED) is 0.552. The molecule has 0 aliphatic carbocycles. The van der Waals surface area contributed by atoms with Gasteiger partial charge in [-0.15, -0.1) is 0 Å². The highest BCUT2D eigenvalue weighted by atomic mass is 19.4. The van der Waals surface area contributed by atoms with Crippen molar-refractivity contribution in [3.05, 3.63) is 58.8 Å². The van der Waals surface area contributed by atoms with Gasteiger partial charge in [0.05, 0.1) is 49.0 Å². The van der Waals surface area contributed by atoms with Crippen molar-refractivity contribution in [2.45, 2.75) is 70.2 Å². The number of halogens is 3. The number of carbonyl (C=O) groups excluding carboxylic acids is 1. The van der Waals surface area contributed by atoms with E-state index < -0.39 is 47.4 Å². The molecule has 1 N–H and O–H groups in total. The van der Waals surface area contributed by atoms with Gasteiger partial charge in [0.25, 0.3) is 0 Å².